The second-order valence-corrected chi connectivity index (χ2v) is 7.57. The largest absolute Gasteiger partial charge is 0.301 e. The van der Waals surface area contributed by atoms with Crippen LogP contribution in [0.4, 0.5) is 0 Å². The monoisotopic (exact) mass is 324 g/mol. The van der Waals surface area contributed by atoms with Crippen LogP contribution >= 0.6 is 35.1 Å². The van der Waals surface area contributed by atoms with Gasteiger partial charge in [0, 0.05) is 58.4 Å². The third-order valence-electron chi connectivity index (χ3n) is 3.43. The summed E-state index contributed by atoms with van der Waals surface area (Å²) in [6.45, 7) is 3.64. The average Bonchev–Trinajstić information content (AvgIpc) is 2.48. The van der Waals surface area contributed by atoms with Gasteiger partial charge in [0.25, 0.3) is 0 Å². The number of hydrogen-bond acceptors (Lipinski definition) is 4. The van der Waals surface area contributed by atoms with E-state index in [1.807, 2.05) is 30.1 Å². The Morgan fingerprint density at radius 3 is 2.95 bits per heavy atom. The van der Waals surface area contributed by atoms with E-state index < -0.39 is 0 Å². The van der Waals surface area contributed by atoms with E-state index in [9.17, 15) is 0 Å². The first-order valence-electron chi connectivity index (χ1n) is 6.80. The van der Waals surface area contributed by atoms with Gasteiger partial charge in [-0.3, -0.25) is 4.98 Å². The van der Waals surface area contributed by atoms with E-state index in [1.165, 1.54) is 41.4 Å². The molecule has 1 fully saturated rings. The number of fused-ring (bicyclic) bond motifs is 1. The minimum Gasteiger partial charge on any atom is -0.301 e. The maximum absolute atomic E-state index is 6.02. The third-order valence-corrected chi connectivity index (χ3v) is 5.66. The first-order chi connectivity index (χ1) is 9.83. The quantitative estimate of drug-likeness (QED) is 0.789. The molecule has 1 saturated heterocycles. The third kappa shape index (κ3) is 3.61. The van der Waals surface area contributed by atoms with Crippen molar-refractivity contribution in [2.45, 2.75) is 4.90 Å². The fourth-order valence-corrected chi connectivity index (χ4v) is 4.53. The number of hydrogen-bond donors (Lipinski definition) is 0. The summed E-state index contributed by atoms with van der Waals surface area (Å²) in [4.78, 5) is 8.25. The van der Waals surface area contributed by atoms with Crippen molar-refractivity contribution in [1.29, 1.82) is 0 Å². The van der Waals surface area contributed by atoms with Gasteiger partial charge in [0.2, 0.25) is 0 Å². The van der Waals surface area contributed by atoms with Gasteiger partial charge in [-0.25, -0.2) is 0 Å². The van der Waals surface area contributed by atoms with Crippen molar-refractivity contribution in [2.24, 2.45) is 0 Å². The molecule has 2 heterocycles. The maximum atomic E-state index is 6.02. The minimum absolute atomic E-state index is 0.748. The topological polar surface area (TPSA) is 16.1 Å². The number of rotatable bonds is 4. The summed E-state index contributed by atoms with van der Waals surface area (Å²) in [6, 6.07) is 8.05. The van der Waals surface area contributed by atoms with E-state index in [2.05, 4.69) is 33.8 Å². The summed E-state index contributed by atoms with van der Waals surface area (Å²) in [5, 5.41) is 1.95. The Kier molecular flexibility index (Phi) is 5.10. The molecule has 1 aromatic carbocycles. The molecule has 1 aliphatic rings. The number of thioether (sulfide) groups is 2. The second-order valence-electron chi connectivity index (χ2n) is 4.77. The smallest absolute Gasteiger partial charge is 0.0728 e. The molecule has 0 atom stereocenters. The molecule has 0 aliphatic carbocycles. The maximum Gasteiger partial charge on any atom is 0.0728 e. The highest BCUT2D eigenvalue weighted by Crippen LogP contribution is 2.28. The normalized spacial score (nSPS) is 16.6. The summed E-state index contributed by atoms with van der Waals surface area (Å²) >= 11 is 10.0. The van der Waals surface area contributed by atoms with Gasteiger partial charge >= 0.3 is 0 Å². The van der Waals surface area contributed by atoms with Gasteiger partial charge in [0.05, 0.1) is 5.52 Å². The van der Waals surface area contributed by atoms with Crippen molar-refractivity contribution in [2.75, 3.05) is 36.9 Å². The Bertz CT molecular complexity index is 585. The predicted molar refractivity (Wildman–Crippen MR) is 91.2 cm³/mol. The molecule has 2 nitrogen and oxygen atoms in total. The molecule has 3 rings (SSSR count). The SMILES string of the molecule is Clc1ccc2c(SCCN3CCSCC3)ccnc2c1. The predicted octanol–water partition coefficient (Wildman–Crippen LogP) is 4.03. The Labute approximate surface area is 133 Å². The molecule has 5 heteroatoms. The summed E-state index contributed by atoms with van der Waals surface area (Å²) in [5.41, 5.74) is 0.983. The summed E-state index contributed by atoms with van der Waals surface area (Å²) in [7, 11) is 0. The number of halogens is 1. The molecule has 2 aromatic rings. The Morgan fingerprint density at radius 2 is 2.10 bits per heavy atom. The number of pyridine rings is 1. The molecule has 106 valence electrons. The zero-order chi connectivity index (χ0) is 13.8. The Morgan fingerprint density at radius 1 is 1.25 bits per heavy atom. The lowest BCUT2D eigenvalue weighted by atomic mass is 10.2. The van der Waals surface area contributed by atoms with Crippen molar-refractivity contribution in [3.8, 4) is 0 Å². The van der Waals surface area contributed by atoms with Crippen LogP contribution in [0.3, 0.4) is 0 Å². The van der Waals surface area contributed by atoms with Crippen LogP contribution in [0.1, 0.15) is 0 Å². The van der Waals surface area contributed by atoms with E-state index in [0.29, 0.717) is 0 Å². The van der Waals surface area contributed by atoms with Gasteiger partial charge < -0.3 is 4.90 Å². The lowest BCUT2D eigenvalue weighted by Gasteiger charge is -2.25. The molecule has 0 unspecified atom stereocenters. The Balaban J connectivity index is 1.65. The van der Waals surface area contributed by atoms with Crippen LogP contribution in [0.15, 0.2) is 35.4 Å². The van der Waals surface area contributed by atoms with Gasteiger partial charge in [-0.05, 0) is 18.2 Å². The second kappa shape index (κ2) is 7.03. The van der Waals surface area contributed by atoms with Gasteiger partial charge in [0.1, 0.15) is 0 Å². The van der Waals surface area contributed by atoms with Crippen molar-refractivity contribution in [3.05, 3.63) is 35.5 Å². The molecular formula is C15H17ClN2S2. The van der Waals surface area contributed by atoms with Crippen LogP contribution < -0.4 is 0 Å². The molecule has 0 saturated carbocycles. The van der Waals surface area contributed by atoms with Crippen molar-refractivity contribution in [3.63, 3.8) is 0 Å². The molecule has 0 N–H and O–H groups in total. The van der Waals surface area contributed by atoms with E-state index in [1.54, 1.807) is 0 Å². The molecule has 1 aromatic heterocycles. The highest BCUT2D eigenvalue weighted by Gasteiger charge is 2.10. The van der Waals surface area contributed by atoms with Crippen LogP contribution in [0.2, 0.25) is 5.02 Å². The molecule has 1 aliphatic heterocycles. The lowest BCUT2D eigenvalue weighted by molar-refractivity contribution is 0.322. The van der Waals surface area contributed by atoms with Gasteiger partial charge in [-0.1, -0.05) is 17.7 Å². The zero-order valence-electron chi connectivity index (χ0n) is 11.2. The molecule has 0 spiro atoms. The minimum atomic E-state index is 0.748. The van der Waals surface area contributed by atoms with Crippen LogP contribution in [-0.2, 0) is 0 Å². The van der Waals surface area contributed by atoms with Crippen LogP contribution in [-0.4, -0.2) is 46.8 Å². The molecule has 0 radical (unpaired) electrons. The van der Waals surface area contributed by atoms with E-state index >= 15 is 0 Å². The first-order valence-corrected chi connectivity index (χ1v) is 9.32. The van der Waals surface area contributed by atoms with Gasteiger partial charge in [0.15, 0.2) is 0 Å². The van der Waals surface area contributed by atoms with Crippen LogP contribution in [0.25, 0.3) is 10.9 Å². The lowest BCUT2D eigenvalue weighted by Crippen LogP contribution is -2.34. The average molecular weight is 325 g/mol. The fourth-order valence-electron chi connectivity index (χ4n) is 2.33. The molecule has 0 amide bonds. The zero-order valence-corrected chi connectivity index (χ0v) is 13.6. The first kappa shape index (κ1) is 14.5. The van der Waals surface area contributed by atoms with Crippen molar-refractivity contribution >= 4 is 46.0 Å². The highest BCUT2D eigenvalue weighted by molar-refractivity contribution is 7.99. The summed E-state index contributed by atoms with van der Waals surface area (Å²) in [5.74, 6) is 3.69. The van der Waals surface area contributed by atoms with Crippen molar-refractivity contribution in [1.82, 2.24) is 9.88 Å². The van der Waals surface area contributed by atoms with Crippen LogP contribution in [0, 0.1) is 0 Å². The summed E-state index contributed by atoms with van der Waals surface area (Å²) in [6.07, 6.45) is 1.87. The molecule has 0 bridgehead atoms. The Hall–Kier alpha value is -0.420. The standard InChI is InChI=1S/C15H17ClN2S2/c16-12-1-2-13-14(11-12)17-4-3-15(13)20-10-7-18-5-8-19-9-6-18/h1-4,11H,5-10H2. The number of aromatic nitrogens is 1. The molecule has 20 heavy (non-hydrogen) atoms. The van der Waals surface area contributed by atoms with E-state index in [4.69, 9.17) is 11.6 Å². The summed E-state index contributed by atoms with van der Waals surface area (Å²) < 4.78 is 0. The van der Waals surface area contributed by atoms with E-state index in [-0.39, 0.29) is 0 Å². The fraction of sp³-hybridized carbons (Fsp3) is 0.400. The highest BCUT2D eigenvalue weighted by atomic mass is 35.5. The molecular weight excluding hydrogens is 308 g/mol. The van der Waals surface area contributed by atoms with Gasteiger partial charge in [-0.2, -0.15) is 11.8 Å². The van der Waals surface area contributed by atoms with Gasteiger partial charge in [-0.15, -0.1) is 11.8 Å². The van der Waals surface area contributed by atoms with Crippen LogP contribution in [0.5, 0.6) is 0 Å². The van der Waals surface area contributed by atoms with E-state index in [0.717, 1.165) is 16.3 Å². The number of nitrogens with zero attached hydrogens (tertiary/aromatic N) is 2. The van der Waals surface area contributed by atoms with Crippen molar-refractivity contribution < 1.29 is 0 Å². The number of benzene rings is 1.